The third-order valence-electron chi connectivity index (χ3n) is 4.51. The van der Waals surface area contributed by atoms with E-state index in [4.69, 9.17) is 0 Å². The van der Waals surface area contributed by atoms with Crippen molar-refractivity contribution in [2.24, 2.45) is 0 Å². The lowest BCUT2D eigenvalue weighted by Crippen LogP contribution is -1.93. The number of alkyl halides is 1. The van der Waals surface area contributed by atoms with Crippen LogP contribution in [0, 0.1) is 0 Å². The van der Waals surface area contributed by atoms with Crippen LogP contribution in [0.2, 0.25) is 0 Å². The van der Waals surface area contributed by atoms with Crippen molar-refractivity contribution in [3.05, 3.63) is 95.6 Å². The molecule has 0 radical (unpaired) electrons. The van der Waals surface area contributed by atoms with E-state index in [1.54, 1.807) is 0 Å². The van der Waals surface area contributed by atoms with Gasteiger partial charge in [-0.05, 0) is 44.7 Å². The van der Waals surface area contributed by atoms with Crippen molar-refractivity contribution >= 4 is 37.5 Å². The van der Waals surface area contributed by atoms with Crippen molar-refractivity contribution < 1.29 is 0 Å². The molecule has 0 nitrogen and oxygen atoms in total. The summed E-state index contributed by atoms with van der Waals surface area (Å²) in [5.74, 6) is 0. The van der Waals surface area contributed by atoms with Gasteiger partial charge in [0.15, 0.2) is 0 Å². The number of benzene rings is 4. The molecule has 0 unspecified atom stereocenters. The molecule has 0 bridgehead atoms. The third-order valence-corrected chi connectivity index (χ3v) is 5.11. The molecule has 23 heavy (non-hydrogen) atoms. The molecule has 0 aliphatic heterocycles. The van der Waals surface area contributed by atoms with Gasteiger partial charge in [0.05, 0.1) is 0 Å². The molecule has 0 aliphatic carbocycles. The molecule has 4 rings (SSSR count). The van der Waals surface area contributed by atoms with Gasteiger partial charge in [-0.2, -0.15) is 0 Å². The highest BCUT2D eigenvalue weighted by Crippen LogP contribution is 2.28. The molecule has 0 spiro atoms. The Morgan fingerprint density at radius 3 is 1.83 bits per heavy atom. The predicted octanol–water partition coefficient (Wildman–Crippen LogP) is 6.48. The molecule has 1 heteroatoms. The average molecular weight is 361 g/mol. The first-order chi connectivity index (χ1) is 11.4. The number of halogens is 1. The summed E-state index contributed by atoms with van der Waals surface area (Å²) in [5, 5.41) is 6.26. The van der Waals surface area contributed by atoms with E-state index in [1.807, 2.05) is 0 Å². The molecule has 0 N–H and O–H groups in total. The molecule has 0 atom stereocenters. The summed E-state index contributed by atoms with van der Waals surface area (Å²) in [4.78, 5) is 0. The number of hydrogen-bond donors (Lipinski definition) is 0. The van der Waals surface area contributed by atoms with Crippen LogP contribution < -0.4 is 0 Å². The summed E-state index contributed by atoms with van der Waals surface area (Å²) in [7, 11) is 0. The standard InChI is InChI=1S/C22H17Br/c23-15-19-10-5-12-21-18(9-4-13-22(19)21)14-17-8-3-7-16-6-1-2-11-20(16)17/h1-13H,14-15H2. The van der Waals surface area contributed by atoms with Gasteiger partial charge in [0.1, 0.15) is 0 Å². The fraction of sp³-hybridized carbons (Fsp3) is 0.0909. The van der Waals surface area contributed by atoms with E-state index in [2.05, 4.69) is 94.8 Å². The lowest BCUT2D eigenvalue weighted by Gasteiger charge is -2.11. The maximum Gasteiger partial charge on any atom is 0.0289 e. The van der Waals surface area contributed by atoms with Crippen LogP contribution in [0.1, 0.15) is 16.7 Å². The van der Waals surface area contributed by atoms with Gasteiger partial charge in [-0.1, -0.05) is 94.8 Å². The van der Waals surface area contributed by atoms with Crippen molar-refractivity contribution in [2.75, 3.05) is 0 Å². The second kappa shape index (κ2) is 6.17. The van der Waals surface area contributed by atoms with E-state index in [0.717, 1.165) is 11.8 Å². The van der Waals surface area contributed by atoms with Crippen LogP contribution in [0.5, 0.6) is 0 Å². The van der Waals surface area contributed by atoms with Gasteiger partial charge in [0.25, 0.3) is 0 Å². The highest BCUT2D eigenvalue weighted by molar-refractivity contribution is 9.08. The highest BCUT2D eigenvalue weighted by Gasteiger charge is 2.07. The first kappa shape index (κ1) is 14.5. The van der Waals surface area contributed by atoms with Crippen molar-refractivity contribution in [3.63, 3.8) is 0 Å². The van der Waals surface area contributed by atoms with Crippen molar-refractivity contribution in [1.82, 2.24) is 0 Å². The molecule has 0 aromatic heterocycles. The van der Waals surface area contributed by atoms with Crippen LogP contribution in [0.4, 0.5) is 0 Å². The van der Waals surface area contributed by atoms with Crippen molar-refractivity contribution in [1.29, 1.82) is 0 Å². The maximum absolute atomic E-state index is 3.60. The molecule has 4 aromatic carbocycles. The Bertz CT molecular complexity index is 980. The first-order valence-corrected chi connectivity index (χ1v) is 9.01. The summed E-state index contributed by atoms with van der Waals surface area (Å²) in [5.41, 5.74) is 4.13. The Kier molecular flexibility index (Phi) is 3.88. The van der Waals surface area contributed by atoms with Crippen LogP contribution in [-0.4, -0.2) is 0 Å². The Balaban J connectivity index is 1.87. The normalized spacial score (nSPS) is 11.2. The quantitative estimate of drug-likeness (QED) is 0.367. The van der Waals surface area contributed by atoms with Crippen LogP contribution in [-0.2, 0) is 11.8 Å². The zero-order valence-electron chi connectivity index (χ0n) is 12.8. The van der Waals surface area contributed by atoms with Crippen LogP contribution in [0.15, 0.2) is 78.9 Å². The molecular formula is C22H17Br. The molecule has 0 aliphatic rings. The molecule has 0 saturated carbocycles. The van der Waals surface area contributed by atoms with Crippen molar-refractivity contribution in [2.45, 2.75) is 11.8 Å². The minimum Gasteiger partial charge on any atom is -0.0876 e. The SMILES string of the molecule is BrCc1cccc2c(Cc3cccc4ccccc34)cccc12. The van der Waals surface area contributed by atoms with E-state index in [0.29, 0.717) is 0 Å². The predicted molar refractivity (Wildman–Crippen MR) is 103 cm³/mol. The van der Waals surface area contributed by atoms with Crippen molar-refractivity contribution in [3.8, 4) is 0 Å². The van der Waals surface area contributed by atoms with Gasteiger partial charge in [0.2, 0.25) is 0 Å². The summed E-state index contributed by atoms with van der Waals surface area (Å²) in [6.45, 7) is 0. The van der Waals surface area contributed by atoms with Crippen LogP contribution >= 0.6 is 15.9 Å². The van der Waals surface area contributed by atoms with Gasteiger partial charge < -0.3 is 0 Å². The number of hydrogen-bond acceptors (Lipinski definition) is 0. The second-order valence-corrected chi connectivity index (χ2v) is 6.44. The number of rotatable bonds is 3. The monoisotopic (exact) mass is 360 g/mol. The topological polar surface area (TPSA) is 0 Å². The van der Waals surface area contributed by atoms with Gasteiger partial charge in [-0.15, -0.1) is 0 Å². The summed E-state index contributed by atoms with van der Waals surface area (Å²) in [6, 6.07) is 28.5. The second-order valence-electron chi connectivity index (χ2n) is 5.88. The number of fused-ring (bicyclic) bond motifs is 2. The smallest absolute Gasteiger partial charge is 0.0289 e. The lowest BCUT2D eigenvalue weighted by molar-refractivity contribution is 1.23. The molecule has 0 fully saturated rings. The van der Waals surface area contributed by atoms with E-state index in [1.165, 1.54) is 38.2 Å². The fourth-order valence-electron chi connectivity index (χ4n) is 3.36. The molecule has 4 aromatic rings. The lowest BCUT2D eigenvalue weighted by atomic mass is 9.94. The highest BCUT2D eigenvalue weighted by atomic mass is 79.9. The Morgan fingerprint density at radius 2 is 1.04 bits per heavy atom. The zero-order valence-corrected chi connectivity index (χ0v) is 14.4. The maximum atomic E-state index is 3.60. The van der Waals surface area contributed by atoms with E-state index in [-0.39, 0.29) is 0 Å². The molecule has 112 valence electrons. The van der Waals surface area contributed by atoms with Crippen LogP contribution in [0.3, 0.4) is 0 Å². The Hall–Kier alpha value is -2.12. The van der Waals surface area contributed by atoms with Gasteiger partial charge >= 0.3 is 0 Å². The van der Waals surface area contributed by atoms with Gasteiger partial charge in [-0.3, -0.25) is 0 Å². The zero-order chi connectivity index (χ0) is 15.6. The first-order valence-electron chi connectivity index (χ1n) is 7.89. The Morgan fingerprint density at radius 1 is 0.522 bits per heavy atom. The van der Waals surface area contributed by atoms with E-state index in [9.17, 15) is 0 Å². The third kappa shape index (κ3) is 2.66. The van der Waals surface area contributed by atoms with Gasteiger partial charge in [-0.25, -0.2) is 0 Å². The van der Waals surface area contributed by atoms with E-state index >= 15 is 0 Å². The molecule has 0 heterocycles. The fourth-order valence-corrected chi connectivity index (χ4v) is 3.85. The molecular weight excluding hydrogens is 344 g/mol. The largest absolute Gasteiger partial charge is 0.0876 e. The van der Waals surface area contributed by atoms with Gasteiger partial charge in [0, 0.05) is 5.33 Å². The van der Waals surface area contributed by atoms with E-state index < -0.39 is 0 Å². The summed E-state index contributed by atoms with van der Waals surface area (Å²) in [6.07, 6.45) is 0.963. The van der Waals surface area contributed by atoms with Crippen LogP contribution in [0.25, 0.3) is 21.5 Å². The summed E-state index contributed by atoms with van der Waals surface area (Å²) < 4.78 is 0. The molecule has 0 saturated heterocycles. The molecule has 0 amide bonds. The minimum atomic E-state index is 0.891. The Labute approximate surface area is 144 Å². The summed E-state index contributed by atoms with van der Waals surface area (Å²) >= 11 is 3.60. The minimum absolute atomic E-state index is 0.891. The average Bonchev–Trinajstić information content (AvgIpc) is 2.62.